The zero-order valence-corrected chi connectivity index (χ0v) is 14.9. The highest BCUT2D eigenvalue weighted by atomic mass is 32.1. The van der Waals surface area contributed by atoms with E-state index in [1.54, 1.807) is 0 Å². The molecule has 0 unspecified atom stereocenters. The van der Waals surface area contributed by atoms with Gasteiger partial charge in [0.15, 0.2) is 0 Å². The predicted octanol–water partition coefficient (Wildman–Crippen LogP) is 3.48. The Kier molecular flexibility index (Phi) is 3.73. The van der Waals surface area contributed by atoms with E-state index < -0.39 is 0 Å². The number of fused-ring (bicyclic) bond motifs is 1. The van der Waals surface area contributed by atoms with Crippen LogP contribution in [0.3, 0.4) is 0 Å². The Hall–Kier alpha value is -2.80. The fraction of sp³-hybridized carbons (Fsp3) is 0.222. The normalized spacial score (nSPS) is 11.3. The molecule has 0 saturated heterocycles. The summed E-state index contributed by atoms with van der Waals surface area (Å²) in [5, 5.41) is 4.71. The summed E-state index contributed by atoms with van der Waals surface area (Å²) in [7, 11) is 0. The van der Waals surface area contributed by atoms with Crippen LogP contribution in [0.15, 0.2) is 39.9 Å². The van der Waals surface area contributed by atoms with E-state index in [4.69, 9.17) is 4.52 Å². The maximum Gasteiger partial charge on any atom is 0.262 e. The fourth-order valence-corrected chi connectivity index (χ4v) is 3.77. The van der Waals surface area contributed by atoms with Crippen molar-refractivity contribution in [3.8, 4) is 11.4 Å². The van der Waals surface area contributed by atoms with Crippen molar-refractivity contribution >= 4 is 21.6 Å². The van der Waals surface area contributed by atoms with Crippen LogP contribution in [0.4, 0.5) is 0 Å². The molecule has 0 amide bonds. The zero-order valence-electron chi connectivity index (χ0n) is 14.1. The summed E-state index contributed by atoms with van der Waals surface area (Å²) < 4.78 is 6.85. The Morgan fingerprint density at radius 3 is 2.80 bits per heavy atom. The second kappa shape index (κ2) is 5.93. The van der Waals surface area contributed by atoms with Crippen LogP contribution < -0.4 is 5.56 Å². The van der Waals surface area contributed by atoms with Gasteiger partial charge in [-0.3, -0.25) is 9.36 Å². The van der Waals surface area contributed by atoms with E-state index in [1.165, 1.54) is 22.2 Å². The average Bonchev–Trinajstić information content (AvgIpc) is 3.16. The van der Waals surface area contributed by atoms with E-state index in [2.05, 4.69) is 15.1 Å². The lowest BCUT2D eigenvalue weighted by Gasteiger charge is -2.01. The van der Waals surface area contributed by atoms with Gasteiger partial charge in [0.1, 0.15) is 11.4 Å². The number of nitrogens with zero attached hydrogens (tertiary/aromatic N) is 4. The van der Waals surface area contributed by atoms with Crippen molar-refractivity contribution in [2.45, 2.75) is 27.3 Å². The molecule has 0 aliphatic heterocycles. The first-order valence-electron chi connectivity index (χ1n) is 7.88. The molecular weight excluding hydrogens is 336 g/mol. The van der Waals surface area contributed by atoms with Gasteiger partial charge in [0.05, 0.1) is 11.7 Å². The lowest BCUT2D eigenvalue weighted by atomic mass is 10.1. The van der Waals surface area contributed by atoms with Crippen molar-refractivity contribution in [2.24, 2.45) is 0 Å². The van der Waals surface area contributed by atoms with Crippen LogP contribution in [0.2, 0.25) is 0 Å². The molecule has 4 aromatic rings. The minimum Gasteiger partial charge on any atom is -0.337 e. The Balaban J connectivity index is 1.71. The summed E-state index contributed by atoms with van der Waals surface area (Å²) in [4.78, 5) is 23.4. The largest absolute Gasteiger partial charge is 0.337 e. The molecule has 7 heteroatoms. The van der Waals surface area contributed by atoms with Gasteiger partial charge >= 0.3 is 0 Å². The van der Waals surface area contributed by atoms with Crippen molar-refractivity contribution in [3.05, 3.63) is 62.8 Å². The highest BCUT2D eigenvalue weighted by Crippen LogP contribution is 2.25. The van der Waals surface area contributed by atoms with Crippen molar-refractivity contribution in [1.82, 2.24) is 19.7 Å². The second-order valence-electron chi connectivity index (χ2n) is 5.97. The molecule has 25 heavy (non-hydrogen) atoms. The predicted molar refractivity (Wildman–Crippen MR) is 96.9 cm³/mol. The number of benzene rings is 1. The lowest BCUT2D eigenvalue weighted by molar-refractivity contribution is 0.369. The minimum absolute atomic E-state index is 0.0810. The maximum atomic E-state index is 12.7. The molecular formula is C18H16N4O2S. The average molecular weight is 352 g/mol. The smallest absolute Gasteiger partial charge is 0.262 e. The molecule has 0 bridgehead atoms. The summed E-state index contributed by atoms with van der Waals surface area (Å²) >= 11 is 1.54. The number of hydrogen-bond acceptors (Lipinski definition) is 6. The van der Waals surface area contributed by atoms with Crippen LogP contribution in [0, 0.1) is 20.8 Å². The molecule has 1 aromatic carbocycles. The number of rotatable bonds is 3. The monoisotopic (exact) mass is 352 g/mol. The van der Waals surface area contributed by atoms with E-state index >= 15 is 0 Å². The van der Waals surface area contributed by atoms with Crippen LogP contribution in [0.5, 0.6) is 0 Å². The van der Waals surface area contributed by atoms with Gasteiger partial charge in [0, 0.05) is 10.4 Å². The molecule has 3 heterocycles. The molecule has 0 N–H and O–H groups in total. The van der Waals surface area contributed by atoms with Gasteiger partial charge < -0.3 is 4.52 Å². The second-order valence-corrected chi connectivity index (χ2v) is 7.17. The third kappa shape index (κ3) is 2.66. The molecule has 0 spiro atoms. The van der Waals surface area contributed by atoms with Crippen LogP contribution in [0.25, 0.3) is 21.6 Å². The number of thiophene rings is 1. The van der Waals surface area contributed by atoms with Gasteiger partial charge in [-0.1, -0.05) is 29.4 Å². The topological polar surface area (TPSA) is 73.8 Å². The van der Waals surface area contributed by atoms with E-state index in [1.807, 2.05) is 45.0 Å². The summed E-state index contributed by atoms with van der Waals surface area (Å²) in [5.74, 6) is 0.906. The third-order valence-electron chi connectivity index (χ3n) is 4.32. The summed E-state index contributed by atoms with van der Waals surface area (Å²) in [5.41, 5.74) is 2.89. The van der Waals surface area contributed by atoms with Gasteiger partial charge in [-0.15, -0.1) is 11.3 Å². The summed E-state index contributed by atoms with van der Waals surface area (Å²) in [6.45, 7) is 6.15. The minimum atomic E-state index is -0.0810. The van der Waals surface area contributed by atoms with Gasteiger partial charge in [-0.05, 0) is 31.9 Å². The van der Waals surface area contributed by atoms with Crippen LogP contribution >= 0.6 is 11.3 Å². The van der Waals surface area contributed by atoms with Gasteiger partial charge in [0.2, 0.25) is 11.7 Å². The molecule has 6 nitrogen and oxygen atoms in total. The number of aromatic nitrogens is 4. The third-order valence-corrected chi connectivity index (χ3v) is 5.43. The first-order valence-corrected chi connectivity index (χ1v) is 8.70. The Bertz CT molecular complexity index is 1140. The van der Waals surface area contributed by atoms with Gasteiger partial charge in [0.25, 0.3) is 5.56 Å². The Morgan fingerprint density at radius 1 is 1.20 bits per heavy atom. The van der Waals surface area contributed by atoms with Gasteiger partial charge in [-0.2, -0.15) is 4.98 Å². The Labute approximate surface area is 147 Å². The van der Waals surface area contributed by atoms with Crippen molar-refractivity contribution < 1.29 is 4.52 Å². The van der Waals surface area contributed by atoms with Crippen molar-refractivity contribution in [3.63, 3.8) is 0 Å². The quantitative estimate of drug-likeness (QED) is 0.564. The maximum absolute atomic E-state index is 12.7. The van der Waals surface area contributed by atoms with E-state index in [-0.39, 0.29) is 12.1 Å². The number of hydrogen-bond donors (Lipinski definition) is 0. The Morgan fingerprint density at radius 2 is 2.00 bits per heavy atom. The summed E-state index contributed by atoms with van der Waals surface area (Å²) in [6, 6.07) is 7.84. The molecule has 0 saturated carbocycles. The van der Waals surface area contributed by atoms with Gasteiger partial charge in [-0.25, -0.2) is 4.98 Å². The van der Waals surface area contributed by atoms with Crippen LogP contribution in [-0.2, 0) is 6.54 Å². The molecule has 0 aliphatic carbocycles. The molecule has 0 atom stereocenters. The van der Waals surface area contributed by atoms with Crippen LogP contribution in [0.1, 0.15) is 21.9 Å². The van der Waals surface area contributed by atoms with E-state index in [9.17, 15) is 4.79 Å². The molecule has 4 rings (SSSR count). The molecule has 0 aliphatic rings. The SMILES string of the molecule is Cc1ccccc1-c1noc(Cn2cnc3sc(C)c(C)c3c2=O)n1. The van der Waals surface area contributed by atoms with E-state index in [0.29, 0.717) is 17.1 Å². The molecule has 0 fully saturated rings. The number of aryl methyl sites for hydroxylation is 3. The molecule has 3 aromatic heterocycles. The van der Waals surface area contributed by atoms with E-state index in [0.717, 1.165) is 26.4 Å². The highest BCUT2D eigenvalue weighted by molar-refractivity contribution is 7.18. The van der Waals surface area contributed by atoms with Crippen LogP contribution in [-0.4, -0.2) is 19.7 Å². The fourth-order valence-electron chi connectivity index (χ4n) is 2.78. The highest BCUT2D eigenvalue weighted by Gasteiger charge is 2.15. The first kappa shape index (κ1) is 15.7. The molecule has 0 radical (unpaired) electrons. The summed E-state index contributed by atoms with van der Waals surface area (Å²) in [6.07, 6.45) is 1.54. The van der Waals surface area contributed by atoms with Crippen molar-refractivity contribution in [2.75, 3.05) is 0 Å². The zero-order chi connectivity index (χ0) is 17.6. The molecule has 126 valence electrons. The first-order chi connectivity index (χ1) is 12.0. The standard InChI is InChI=1S/C18H16N4O2S/c1-10-6-4-5-7-13(10)16-20-14(24-21-16)8-22-9-19-17-15(18(22)23)11(2)12(3)25-17/h4-7,9H,8H2,1-3H3. The van der Waals surface area contributed by atoms with Crippen molar-refractivity contribution in [1.29, 1.82) is 0 Å². The lowest BCUT2D eigenvalue weighted by Crippen LogP contribution is -2.21.